The molecule has 0 radical (unpaired) electrons. The van der Waals surface area contributed by atoms with Crippen molar-refractivity contribution in [2.45, 2.75) is 45.2 Å². The molecule has 6 heteroatoms. The van der Waals surface area contributed by atoms with Crippen molar-refractivity contribution in [2.75, 3.05) is 19.6 Å². The van der Waals surface area contributed by atoms with Crippen LogP contribution >= 0.6 is 0 Å². The first-order valence-corrected chi connectivity index (χ1v) is 6.39. The number of halogens is 3. The highest BCUT2D eigenvalue weighted by atomic mass is 19.4. The van der Waals surface area contributed by atoms with Gasteiger partial charge < -0.3 is 10.6 Å². The normalized spacial score (nSPS) is 24.9. The molecule has 18 heavy (non-hydrogen) atoms. The molecule has 1 saturated heterocycles. The minimum Gasteiger partial charge on any atom is -0.356 e. The van der Waals surface area contributed by atoms with Gasteiger partial charge in [0.2, 0.25) is 5.91 Å². The highest BCUT2D eigenvalue weighted by Crippen LogP contribution is 2.25. The first-order chi connectivity index (χ1) is 8.33. The van der Waals surface area contributed by atoms with E-state index in [9.17, 15) is 18.0 Å². The van der Waals surface area contributed by atoms with Gasteiger partial charge in [-0.1, -0.05) is 0 Å². The molecule has 106 valence electrons. The number of hydrogen-bond acceptors (Lipinski definition) is 2. The van der Waals surface area contributed by atoms with Crippen LogP contribution < -0.4 is 10.6 Å². The average molecular weight is 266 g/mol. The third-order valence-electron chi connectivity index (χ3n) is 3.32. The Labute approximate surface area is 106 Å². The van der Waals surface area contributed by atoms with Gasteiger partial charge in [-0.3, -0.25) is 4.79 Å². The third-order valence-corrected chi connectivity index (χ3v) is 3.32. The number of piperidine rings is 1. The molecule has 1 rings (SSSR count). The maximum atomic E-state index is 11.9. The van der Waals surface area contributed by atoms with Crippen LogP contribution in [-0.2, 0) is 4.79 Å². The summed E-state index contributed by atoms with van der Waals surface area (Å²) in [5.74, 6) is -0.0540. The van der Waals surface area contributed by atoms with Crippen LogP contribution in [0.5, 0.6) is 0 Å². The van der Waals surface area contributed by atoms with Crippen molar-refractivity contribution in [1.29, 1.82) is 0 Å². The lowest BCUT2D eigenvalue weighted by Crippen LogP contribution is -2.48. The van der Waals surface area contributed by atoms with Gasteiger partial charge in [-0.25, -0.2) is 0 Å². The molecule has 1 heterocycles. The van der Waals surface area contributed by atoms with Crippen molar-refractivity contribution in [3.05, 3.63) is 0 Å². The Balaban J connectivity index is 2.17. The highest BCUT2D eigenvalue weighted by Gasteiger charge is 2.34. The summed E-state index contributed by atoms with van der Waals surface area (Å²) in [7, 11) is 0. The second kappa shape index (κ2) is 6.41. The van der Waals surface area contributed by atoms with Gasteiger partial charge in [0, 0.05) is 19.5 Å². The van der Waals surface area contributed by atoms with Gasteiger partial charge in [-0.05, 0) is 39.2 Å². The van der Waals surface area contributed by atoms with E-state index in [1.165, 1.54) is 0 Å². The Hall–Kier alpha value is -0.780. The molecule has 1 amide bonds. The summed E-state index contributed by atoms with van der Waals surface area (Å²) in [5.41, 5.74) is -0.414. The lowest BCUT2D eigenvalue weighted by Gasteiger charge is -2.32. The van der Waals surface area contributed by atoms with Crippen molar-refractivity contribution < 1.29 is 18.0 Å². The summed E-state index contributed by atoms with van der Waals surface area (Å²) in [6.07, 6.45) is -2.65. The lowest BCUT2D eigenvalue weighted by molar-refractivity contribution is -0.135. The monoisotopic (exact) mass is 266 g/mol. The zero-order valence-corrected chi connectivity index (χ0v) is 10.7. The molecule has 0 aromatic rings. The van der Waals surface area contributed by atoms with Crippen LogP contribution in [0.25, 0.3) is 0 Å². The Morgan fingerprint density at radius 3 is 2.67 bits per heavy atom. The lowest BCUT2D eigenvalue weighted by atomic mass is 9.82. The first-order valence-electron chi connectivity index (χ1n) is 6.39. The van der Waals surface area contributed by atoms with E-state index < -0.39 is 18.0 Å². The average Bonchev–Trinajstić information content (AvgIpc) is 2.27. The number of unbranched alkanes of at least 4 members (excludes halogenated alkanes) is 1. The zero-order chi connectivity index (χ0) is 13.6. The van der Waals surface area contributed by atoms with Crippen LogP contribution in [0.2, 0.25) is 0 Å². The molecular weight excluding hydrogens is 245 g/mol. The molecular formula is C12H21F3N2O. The zero-order valence-electron chi connectivity index (χ0n) is 10.7. The van der Waals surface area contributed by atoms with Crippen molar-refractivity contribution in [1.82, 2.24) is 10.6 Å². The van der Waals surface area contributed by atoms with E-state index >= 15 is 0 Å². The molecule has 1 atom stereocenters. The maximum absolute atomic E-state index is 11.9. The van der Waals surface area contributed by atoms with Crippen LogP contribution in [0.4, 0.5) is 13.2 Å². The van der Waals surface area contributed by atoms with E-state index in [0.717, 1.165) is 19.4 Å². The molecule has 0 aliphatic carbocycles. The Morgan fingerprint density at radius 2 is 2.11 bits per heavy atom. The second-order valence-corrected chi connectivity index (χ2v) is 5.17. The SMILES string of the molecule is CC1(C(=O)NCCCCC(F)(F)F)CCCNC1. The number of hydrogen-bond donors (Lipinski definition) is 2. The molecule has 0 aromatic carbocycles. The smallest absolute Gasteiger partial charge is 0.356 e. The van der Waals surface area contributed by atoms with E-state index in [1.807, 2.05) is 6.92 Å². The maximum Gasteiger partial charge on any atom is 0.389 e. The summed E-state index contributed by atoms with van der Waals surface area (Å²) in [5, 5.41) is 5.90. The molecule has 1 aliphatic heterocycles. The summed E-state index contributed by atoms with van der Waals surface area (Å²) < 4.78 is 35.7. The van der Waals surface area contributed by atoms with E-state index in [4.69, 9.17) is 0 Å². The topological polar surface area (TPSA) is 41.1 Å². The molecule has 2 N–H and O–H groups in total. The van der Waals surface area contributed by atoms with Gasteiger partial charge in [0.25, 0.3) is 0 Å². The van der Waals surface area contributed by atoms with Gasteiger partial charge >= 0.3 is 6.18 Å². The molecule has 1 unspecified atom stereocenters. The predicted molar refractivity (Wildman–Crippen MR) is 63.1 cm³/mol. The molecule has 3 nitrogen and oxygen atoms in total. The molecule has 1 fully saturated rings. The summed E-state index contributed by atoms with van der Waals surface area (Å²) in [4.78, 5) is 11.9. The number of rotatable bonds is 5. The van der Waals surface area contributed by atoms with Crippen molar-refractivity contribution >= 4 is 5.91 Å². The number of nitrogens with one attached hydrogen (secondary N) is 2. The third kappa shape index (κ3) is 5.25. The van der Waals surface area contributed by atoms with Crippen LogP contribution in [0.3, 0.4) is 0 Å². The van der Waals surface area contributed by atoms with E-state index in [2.05, 4.69) is 10.6 Å². The number of alkyl halides is 3. The number of carbonyl (C=O) groups is 1. The van der Waals surface area contributed by atoms with Gasteiger partial charge in [-0.2, -0.15) is 13.2 Å². The highest BCUT2D eigenvalue weighted by molar-refractivity contribution is 5.82. The summed E-state index contributed by atoms with van der Waals surface area (Å²) >= 11 is 0. The summed E-state index contributed by atoms with van der Waals surface area (Å²) in [6.45, 7) is 3.78. The van der Waals surface area contributed by atoms with Gasteiger partial charge in [0.1, 0.15) is 0 Å². The fourth-order valence-electron chi connectivity index (χ4n) is 2.12. The molecule has 0 bridgehead atoms. The van der Waals surface area contributed by atoms with Gasteiger partial charge in [0.15, 0.2) is 0 Å². The molecule has 1 aliphatic rings. The van der Waals surface area contributed by atoms with E-state index in [1.54, 1.807) is 0 Å². The van der Waals surface area contributed by atoms with Gasteiger partial charge in [-0.15, -0.1) is 0 Å². The standard InChI is InChI=1S/C12H21F3N2O/c1-11(5-4-7-16-9-11)10(18)17-8-3-2-6-12(13,14)15/h16H,2-9H2,1H3,(H,17,18). The minimum atomic E-state index is -4.09. The van der Waals surface area contributed by atoms with Crippen molar-refractivity contribution in [3.8, 4) is 0 Å². The molecule has 0 saturated carbocycles. The van der Waals surface area contributed by atoms with E-state index in [-0.39, 0.29) is 12.3 Å². The Kier molecular flexibility index (Phi) is 5.44. The van der Waals surface area contributed by atoms with Crippen LogP contribution in [0, 0.1) is 5.41 Å². The quantitative estimate of drug-likeness (QED) is 0.749. The molecule has 0 spiro atoms. The van der Waals surface area contributed by atoms with Crippen molar-refractivity contribution in [2.24, 2.45) is 5.41 Å². The fraction of sp³-hybridized carbons (Fsp3) is 0.917. The summed E-state index contributed by atoms with van der Waals surface area (Å²) in [6, 6.07) is 0. The first kappa shape index (κ1) is 15.3. The van der Waals surface area contributed by atoms with Crippen LogP contribution in [0.15, 0.2) is 0 Å². The number of amides is 1. The molecule has 0 aromatic heterocycles. The minimum absolute atomic E-state index is 0.0540. The number of carbonyl (C=O) groups excluding carboxylic acids is 1. The Bertz CT molecular complexity index is 273. The second-order valence-electron chi connectivity index (χ2n) is 5.17. The largest absolute Gasteiger partial charge is 0.389 e. The van der Waals surface area contributed by atoms with Gasteiger partial charge in [0.05, 0.1) is 5.41 Å². The van der Waals surface area contributed by atoms with Crippen LogP contribution in [-0.4, -0.2) is 31.7 Å². The predicted octanol–water partition coefficient (Wildman–Crippen LogP) is 2.22. The van der Waals surface area contributed by atoms with E-state index in [0.29, 0.717) is 19.5 Å². The fourth-order valence-corrected chi connectivity index (χ4v) is 2.12. The van der Waals surface area contributed by atoms with Crippen LogP contribution in [0.1, 0.15) is 39.0 Å². The Morgan fingerprint density at radius 1 is 1.39 bits per heavy atom. The van der Waals surface area contributed by atoms with Crippen molar-refractivity contribution in [3.63, 3.8) is 0 Å².